The monoisotopic (exact) mass is 390 g/mol. The molecule has 0 aliphatic rings. The van der Waals surface area contributed by atoms with Crippen molar-refractivity contribution in [1.82, 2.24) is 4.98 Å². The van der Waals surface area contributed by atoms with Gasteiger partial charge in [0.2, 0.25) is 5.89 Å². The van der Waals surface area contributed by atoms with Gasteiger partial charge in [-0.15, -0.1) is 0 Å². The van der Waals surface area contributed by atoms with E-state index >= 15 is 0 Å². The molecule has 0 spiro atoms. The first kappa shape index (κ1) is 18.4. The quantitative estimate of drug-likeness (QED) is 0.479. The smallest absolute Gasteiger partial charge is 0.262 e. The van der Waals surface area contributed by atoms with Gasteiger partial charge in [-0.2, -0.15) is 0 Å². The maximum atomic E-state index is 12.2. The normalized spacial score (nSPS) is 10.7. The second-order valence-electron chi connectivity index (χ2n) is 6.23. The molecule has 1 amide bonds. The molecule has 3 aromatic carbocycles. The van der Waals surface area contributed by atoms with E-state index < -0.39 is 0 Å². The van der Waals surface area contributed by atoms with Gasteiger partial charge in [-0.1, -0.05) is 12.1 Å². The topological polar surface area (TPSA) is 93.8 Å². The van der Waals surface area contributed by atoms with E-state index in [4.69, 9.17) is 13.9 Å². The van der Waals surface area contributed by atoms with E-state index in [9.17, 15) is 9.90 Å². The van der Waals surface area contributed by atoms with Crippen LogP contribution in [0.1, 0.15) is 0 Å². The molecule has 146 valence electrons. The summed E-state index contributed by atoms with van der Waals surface area (Å²) in [6.45, 7) is -0.161. The molecule has 0 aliphatic heterocycles. The number of methoxy groups -OCH3 is 1. The number of aromatic hydroxyl groups is 1. The Bertz CT molecular complexity index is 1120. The summed E-state index contributed by atoms with van der Waals surface area (Å²) in [4.78, 5) is 16.6. The van der Waals surface area contributed by atoms with Gasteiger partial charge in [0.25, 0.3) is 5.91 Å². The van der Waals surface area contributed by atoms with Crippen LogP contribution < -0.4 is 14.8 Å². The number of hydrogen-bond acceptors (Lipinski definition) is 6. The van der Waals surface area contributed by atoms with Crippen molar-refractivity contribution in [1.29, 1.82) is 0 Å². The fourth-order valence-electron chi connectivity index (χ4n) is 2.79. The SMILES string of the molecule is COc1ccc(OCC(=O)Nc2ccc(O)c(-c3nc4ccccc4o3)c2)cc1. The first-order chi connectivity index (χ1) is 14.1. The standard InChI is InChI=1S/C22H18N2O5/c1-27-15-7-9-16(10-8-15)28-13-21(26)23-14-6-11-19(25)17(12-14)22-24-18-4-2-3-5-20(18)29-22/h2-12,25H,13H2,1H3,(H,23,26). The van der Waals surface area contributed by atoms with Crippen molar-refractivity contribution in [3.63, 3.8) is 0 Å². The molecule has 0 saturated heterocycles. The summed E-state index contributed by atoms with van der Waals surface area (Å²) in [5.41, 5.74) is 2.17. The molecule has 7 heteroatoms. The Balaban J connectivity index is 1.46. The number of nitrogens with one attached hydrogen (secondary N) is 1. The number of fused-ring (bicyclic) bond motifs is 1. The minimum atomic E-state index is -0.338. The van der Waals surface area contributed by atoms with Crippen LogP contribution in [0.2, 0.25) is 0 Å². The predicted octanol–water partition coefficient (Wildman–Crippen LogP) is 4.23. The highest BCUT2D eigenvalue weighted by atomic mass is 16.5. The second-order valence-corrected chi connectivity index (χ2v) is 6.23. The van der Waals surface area contributed by atoms with Crippen LogP contribution in [0.15, 0.2) is 71.1 Å². The third-order valence-electron chi connectivity index (χ3n) is 4.23. The number of hydrogen-bond donors (Lipinski definition) is 2. The largest absolute Gasteiger partial charge is 0.507 e. The fraction of sp³-hybridized carbons (Fsp3) is 0.0909. The predicted molar refractivity (Wildman–Crippen MR) is 108 cm³/mol. The first-order valence-electron chi connectivity index (χ1n) is 8.88. The summed E-state index contributed by atoms with van der Waals surface area (Å²) in [6, 6.07) is 18.9. The second kappa shape index (κ2) is 7.93. The van der Waals surface area contributed by atoms with Gasteiger partial charge in [0.15, 0.2) is 12.2 Å². The van der Waals surface area contributed by atoms with E-state index in [1.54, 1.807) is 49.6 Å². The molecule has 0 aliphatic carbocycles. The van der Waals surface area contributed by atoms with Crippen LogP contribution in [0.3, 0.4) is 0 Å². The molecule has 0 bridgehead atoms. The van der Waals surface area contributed by atoms with Crippen molar-refractivity contribution in [3.8, 4) is 28.7 Å². The lowest BCUT2D eigenvalue weighted by molar-refractivity contribution is -0.118. The maximum Gasteiger partial charge on any atom is 0.262 e. The summed E-state index contributed by atoms with van der Waals surface area (Å²) >= 11 is 0. The number of oxazole rings is 1. The average Bonchev–Trinajstić information content (AvgIpc) is 3.18. The van der Waals surface area contributed by atoms with Crippen molar-refractivity contribution in [2.24, 2.45) is 0 Å². The molecule has 0 atom stereocenters. The van der Waals surface area contributed by atoms with Crippen LogP contribution in [0.5, 0.6) is 17.2 Å². The minimum Gasteiger partial charge on any atom is -0.507 e. The number of rotatable bonds is 6. The number of nitrogens with zero attached hydrogens (tertiary/aromatic N) is 1. The fourth-order valence-corrected chi connectivity index (χ4v) is 2.79. The zero-order chi connectivity index (χ0) is 20.2. The number of phenols is 1. The molecular formula is C22H18N2O5. The number of ether oxygens (including phenoxy) is 2. The molecule has 7 nitrogen and oxygen atoms in total. The van der Waals surface area contributed by atoms with Gasteiger partial charge in [0.1, 0.15) is 22.8 Å². The van der Waals surface area contributed by atoms with Crippen molar-refractivity contribution < 1.29 is 23.8 Å². The molecular weight excluding hydrogens is 372 g/mol. The van der Waals surface area contributed by atoms with Gasteiger partial charge in [-0.05, 0) is 54.6 Å². The zero-order valence-electron chi connectivity index (χ0n) is 15.6. The minimum absolute atomic E-state index is 0.00374. The van der Waals surface area contributed by atoms with Crippen molar-refractivity contribution >= 4 is 22.7 Å². The van der Waals surface area contributed by atoms with Crippen molar-refractivity contribution in [2.45, 2.75) is 0 Å². The van der Waals surface area contributed by atoms with Crippen LogP contribution in [0, 0.1) is 0 Å². The maximum absolute atomic E-state index is 12.2. The third-order valence-corrected chi connectivity index (χ3v) is 4.23. The van der Waals surface area contributed by atoms with Crippen LogP contribution in [-0.2, 0) is 4.79 Å². The lowest BCUT2D eigenvalue weighted by atomic mass is 10.1. The summed E-state index contributed by atoms with van der Waals surface area (Å²) in [7, 11) is 1.58. The van der Waals surface area contributed by atoms with E-state index in [0.29, 0.717) is 33.8 Å². The third kappa shape index (κ3) is 4.14. The van der Waals surface area contributed by atoms with Crippen LogP contribution in [0.4, 0.5) is 5.69 Å². The van der Waals surface area contributed by atoms with Gasteiger partial charge in [0, 0.05) is 5.69 Å². The van der Waals surface area contributed by atoms with Crippen LogP contribution >= 0.6 is 0 Å². The molecule has 4 rings (SSSR count). The molecule has 29 heavy (non-hydrogen) atoms. The number of aromatic nitrogens is 1. The van der Waals surface area contributed by atoms with E-state index in [2.05, 4.69) is 10.3 Å². The van der Waals surface area contributed by atoms with Gasteiger partial charge in [0.05, 0.1) is 12.7 Å². The van der Waals surface area contributed by atoms with E-state index in [1.807, 2.05) is 18.2 Å². The number of carbonyl (C=O) groups excluding carboxylic acids is 1. The number of anilines is 1. The molecule has 1 heterocycles. The Kier molecular flexibility index (Phi) is 5.03. The van der Waals surface area contributed by atoms with Crippen molar-refractivity contribution in [2.75, 3.05) is 19.0 Å². The number of benzene rings is 3. The highest BCUT2D eigenvalue weighted by Gasteiger charge is 2.14. The van der Waals surface area contributed by atoms with E-state index in [-0.39, 0.29) is 24.2 Å². The molecule has 0 saturated carbocycles. The van der Waals surface area contributed by atoms with Crippen LogP contribution in [0.25, 0.3) is 22.6 Å². The summed E-state index contributed by atoms with van der Waals surface area (Å²) < 4.78 is 16.3. The average molecular weight is 390 g/mol. The molecule has 0 radical (unpaired) electrons. The summed E-state index contributed by atoms with van der Waals surface area (Å²) in [5.74, 6) is 1.20. The lowest BCUT2D eigenvalue weighted by Gasteiger charge is -2.09. The highest BCUT2D eigenvalue weighted by molar-refractivity contribution is 5.93. The van der Waals surface area contributed by atoms with Crippen LogP contribution in [-0.4, -0.2) is 29.7 Å². The molecule has 0 fully saturated rings. The number of para-hydroxylation sites is 2. The molecule has 4 aromatic rings. The van der Waals surface area contributed by atoms with E-state index in [0.717, 1.165) is 0 Å². The Labute approximate surface area is 166 Å². The lowest BCUT2D eigenvalue weighted by Crippen LogP contribution is -2.20. The first-order valence-corrected chi connectivity index (χ1v) is 8.88. The molecule has 0 unspecified atom stereocenters. The number of carbonyl (C=O) groups is 1. The molecule has 1 aromatic heterocycles. The number of amides is 1. The van der Waals surface area contributed by atoms with E-state index in [1.165, 1.54) is 6.07 Å². The zero-order valence-corrected chi connectivity index (χ0v) is 15.6. The summed E-state index contributed by atoms with van der Waals surface area (Å²) in [5, 5.41) is 12.9. The Morgan fingerprint density at radius 1 is 1.07 bits per heavy atom. The van der Waals surface area contributed by atoms with Gasteiger partial charge in [-0.25, -0.2) is 4.98 Å². The van der Waals surface area contributed by atoms with Gasteiger partial charge in [-0.3, -0.25) is 4.79 Å². The Hall–Kier alpha value is -4.00. The van der Waals surface area contributed by atoms with Crippen molar-refractivity contribution in [3.05, 3.63) is 66.7 Å². The Morgan fingerprint density at radius 3 is 2.59 bits per heavy atom. The number of phenolic OH excluding ortho intramolecular Hbond substituents is 1. The molecule has 2 N–H and O–H groups in total. The van der Waals surface area contributed by atoms with Gasteiger partial charge < -0.3 is 24.3 Å². The summed E-state index contributed by atoms with van der Waals surface area (Å²) in [6.07, 6.45) is 0. The highest BCUT2D eigenvalue weighted by Crippen LogP contribution is 2.33. The van der Waals surface area contributed by atoms with Gasteiger partial charge >= 0.3 is 0 Å². The Morgan fingerprint density at radius 2 is 1.83 bits per heavy atom.